The third kappa shape index (κ3) is 2.69. The van der Waals surface area contributed by atoms with Crippen LogP contribution in [0.4, 0.5) is 0 Å². The standard InChI is InChI=1S/C11H10ClN.C2H6/c1-7-5-8(2)13-11-4-3-9(12)6-10(7)11;1-2/h3-6H,1-2H3;1-2H3. The molecule has 80 valence electrons. The molecule has 0 spiro atoms. The van der Waals surface area contributed by atoms with Gasteiger partial charge in [-0.2, -0.15) is 0 Å². The third-order valence-corrected chi connectivity index (χ3v) is 2.34. The summed E-state index contributed by atoms with van der Waals surface area (Å²) in [5.74, 6) is 0. The van der Waals surface area contributed by atoms with Gasteiger partial charge in [0.15, 0.2) is 0 Å². The molecule has 0 aliphatic heterocycles. The molecule has 0 atom stereocenters. The van der Waals surface area contributed by atoms with Gasteiger partial charge in [0.25, 0.3) is 0 Å². The summed E-state index contributed by atoms with van der Waals surface area (Å²) in [6.45, 7) is 8.08. The number of benzene rings is 1. The van der Waals surface area contributed by atoms with E-state index in [-0.39, 0.29) is 0 Å². The van der Waals surface area contributed by atoms with Crippen molar-refractivity contribution in [3.63, 3.8) is 0 Å². The predicted molar refractivity (Wildman–Crippen MR) is 67.6 cm³/mol. The van der Waals surface area contributed by atoms with Gasteiger partial charge >= 0.3 is 0 Å². The zero-order chi connectivity index (χ0) is 11.4. The minimum absolute atomic E-state index is 0.765. The highest BCUT2D eigenvalue weighted by molar-refractivity contribution is 6.31. The first kappa shape index (κ1) is 12.0. The van der Waals surface area contributed by atoms with Crippen molar-refractivity contribution in [1.29, 1.82) is 0 Å². The topological polar surface area (TPSA) is 12.9 Å². The minimum Gasteiger partial charge on any atom is -0.253 e. The van der Waals surface area contributed by atoms with Crippen LogP contribution in [-0.2, 0) is 0 Å². The second-order valence-corrected chi connectivity index (χ2v) is 3.68. The molecule has 2 heteroatoms. The van der Waals surface area contributed by atoms with Crippen molar-refractivity contribution < 1.29 is 0 Å². The molecule has 0 bridgehead atoms. The summed E-state index contributed by atoms with van der Waals surface area (Å²) in [6.07, 6.45) is 0. The van der Waals surface area contributed by atoms with Gasteiger partial charge in [-0.25, -0.2) is 0 Å². The van der Waals surface area contributed by atoms with Gasteiger partial charge in [-0.3, -0.25) is 4.98 Å². The number of fused-ring (bicyclic) bond motifs is 1. The van der Waals surface area contributed by atoms with Crippen LogP contribution in [0.1, 0.15) is 25.1 Å². The highest BCUT2D eigenvalue weighted by atomic mass is 35.5. The Morgan fingerprint density at radius 1 is 1.07 bits per heavy atom. The number of nitrogens with zero attached hydrogens (tertiary/aromatic N) is 1. The Morgan fingerprint density at radius 3 is 2.40 bits per heavy atom. The summed E-state index contributed by atoms with van der Waals surface area (Å²) in [7, 11) is 0. The zero-order valence-corrected chi connectivity index (χ0v) is 10.4. The zero-order valence-electron chi connectivity index (χ0n) is 9.63. The molecule has 1 nitrogen and oxygen atoms in total. The Kier molecular flexibility index (Phi) is 4.10. The molecule has 0 amide bonds. The van der Waals surface area contributed by atoms with Crippen molar-refractivity contribution in [1.82, 2.24) is 4.98 Å². The van der Waals surface area contributed by atoms with Gasteiger partial charge in [0, 0.05) is 16.1 Å². The number of aryl methyl sites for hydroxylation is 2. The fourth-order valence-electron chi connectivity index (χ4n) is 1.53. The molecule has 0 saturated carbocycles. The van der Waals surface area contributed by atoms with Crippen LogP contribution in [0.5, 0.6) is 0 Å². The summed E-state index contributed by atoms with van der Waals surface area (Å²) >= 11 is 5.90. The van der Waals surface area contributed by atoms with E-state index in [4.69, 9.17) is 11.6 Å². The SMILES string of the molecule is CC.Cc1cc(C)c2cc(Cl)ccc2n1. The number of aromatic nitrogens is 1. The molecule has 1 heterocycles. The van der Waals surface area contributed by atoms with Crippen molar-refractivity contribution in [3.8, 4) is 0 Å². The number of hydrogen-bond donors (Lipinski definition) is 0. The Labute approximate surface area is 96.1 Å². The number of hydrogen-bond acceptors (Lipinski definition) is 1. The molecule has 0 unspecified atom stereocenters. The van der Waals surface area contributed by atoms with Crippen LogP contribution in [0.25, 0.3) is 10.9 Å². The first-order valence-corrected chi connectivity index (χ1v) is 5.58. The molecular weight excluding hydrogens is 206 g/mol. The van der Waals surface area contributed by atoms with Crippen LogP contribution in [0.2, 0.25) is 5.02 Å². The fourth-order valence-corrected chi connectivity index (χ4v) is 1.71. The fraction of sp³-hybridized carbons (Fsp3) is 0.308. The van der Waals surface area contributed by atoms with Crippen LogP contribution < -0.4 is 0 Å². The summed E-state index contributed by atoms with van der Waals surface area (Å²) in [5, 5.41) is 1.90. The smallest absolute Gasteiger partial charge is 0.0708 e. The van der Waals surface area contributed by atoms with E-state index >= 15 is 0 Å². The van der Waals surface area contributed by atoms with Gasteiger partial charge in [0.2, 0.25) is 0 Å². The van der Waals surface area contributed by atoms with Crippen molar-refractivity contribution in [2.45, 2.75) is 27.7 Å². The normalized spacial score (nSPS) is 9.67. The van der Waals surface area contributed by atoms with Gasteiger partial charge in [-0.1, -0.05) is 25.4 Å². The van der Waals surface area contributed by atoms with Crippen LogP contribution in [0.3, 0.4) is 0 Å². The monoisotopic (exact) mass is 221 g/mol. The molecule has 0 aliphatic carbocycles. The van der Waals surface area contributed by atoms with E-state index in [2.05, 4.69) is 18.0 Å². The summed E-state index contributed by atoms with van der Waals surface area (Å²) in [5.41, 5.74) is 3.29. The van der Waals surface area contributed by atoms with Crippen molar-refractivity contribution in [3.05, 3.63) is 40.5 Å². The highest BCUT2D eigenvalue weighted by Crippen LogP contribution is 2.21. The van der Waals surface area contributed by atoms with Crippen LogP contribution in [-0.4, -0.2) is 4.98 Å². The molecule has 0 saturated heterocycles. The maximum Gasteiger partial charge on any atom is 0.0708 e. The van der Waals surface area contributed by atoms with Gasteiger partial charge in [0.05, 0.1) is 5.52 Å². The summed E-state index contributed by atoms with van der Waals surface area (Å²) < 4.78 is 0. The Morgan fingerprint density at radius 2 is 1.73 bits per heavy atom. The van der Waals surface area contributed by atoms with Crippen molar-refractivity contribution in [2.24, 2.45) is 0 Å². The molecule has 2 aromatic rings. The Balaban J connectivity index is 0.000000531. The molecule has 0 aliphatic rings. The van der Waals surface area contributed by atoms with Crippen molar-refractivity contribution >= 4 is 22.5 Å². The molecule has 1 aromatic carbocycles. The molecule has 15 heavy (non-hydrogen) atoms. The quantitative estimate of drug-likeness (QED) is 0.637. The van der Waals surface area contributed by atoms with Crippen molar-refractivity contribution in [2.75, 3.05) is 0 Å². The van der Waals surface area contributed by atoms with Gasteiger partial charge in [-0.05, 0) is 43.7 Å². The van der Waals surface area contributed by atoms with Crippen LogP contribution in [0.15, 0.2) is 24.3 Å². The second-order valence-electron chi connectivity index (χ2n) is 3.24. The second kappa shape index (κ2) is 5.13. The van der Waals surface area contributed by atoms with E-state index in [1.807, 2.05) is 39.0 Å². The van der Waals surface area contributed by atoms with E-state index in [0.717, 1.165) is 21.6 Å². The average molecular weight is 222 g/mol. The lowest BCUT2D eigenvalue weighted by molar-refractivity contribution is 1.23. The molecule has 1 aromatic heterocycles. The van der Waals surface area contributed by atoms with E-state index in [9.17, 15) is 0 Å². The molecule has 0 N–H and O–H groups in total. The third-order valence-electron chi connectivity index (χ3n) is 2.11. The van der Waals surface area contributed by atoms with E-state index in [1.165, 1.54) is 5.56 Å². The van der Waals surface area contributed by atoms with Crippen LogP contribution >= 0.6 is 11.6 Å². The largest absolute Gasteiger partial charge is 0.253 e. The average Bonchev–Trinajstić information content (AvgIpc) is 2.22. The van der Waals surface area contributed by atoms with E-state index in [0.29, 0.717) is 0 Å². The first-order chi connectivity index (χ1) is 7.16. The predicted octanol–water partition coefficient (Wildman–Crippen LogP) is 4.53. The molecule has 0 radical (unpaired) electrons. The summed E-state index contributed by atoms with van der Waals surface area (Å²) in [4.78, 5) is 4.42. The lowest BCUT2D eigenvalue weighted by Gasteiger charge is -2.03. The lowest BCUT2D eigenvalue weighted by atomic mass is 10.1. The van der Waals surface area contributed by atoms with E-state index < -0.39 is 0 Å². The molecular formula is C13H16ClN. The van der Waals surface area contributed by atoms with Gasteiger partial charge in [-0.15, -0.1) is 0 Å². The van der Waals surface area contributed by atoms with Crippen LogP contribution in [0, 0.1) is 13.8 Å². The van der Waals surface area contributed by atoms with Gasteiger partial charge in [0.1, 0.15) is 0 Å². The highest BCUT2D eigenvalue weighted by Gasteiger charge is 2.00. The maximum absolute atomic E-state index is 5.90. The Hall–Kier alpha value is -1.08. The minimum atomic E-state index is 0.765. The lowest BCUT2D eigenvalue weighted by Crippen LogP contribution is -1.86. The molecule has 0 fully saturated rings. The first-order valence-electron chi connectivity index (χ1n) is 5.20. The van der Waals surface area contributed by atoms with E-state index in [1.54, 1.807) is 0 Å². The number of pyridine rings is 1. The maximum atomic E-state index is 5.90. The Bertz CT molecular complexity index is 463. The van der Waals surface area contributed by atoms with Gasteiger partial charge < -0.3 is 0 Å². The number of rotatable bonds is 0. The molecule has 2 rings (SSSR count). The number of halogens is 1. The summed E-state index contributed by atoms with van der Waals surface area (Å²) in [6, 6.07) is 7.85.